The Labute approximate surface area is 322 Å². The first-order valence-corrected chi connectivity index (χ1v) is 19.4. The summed E-state index contributed by atoms with van der Waals surface area (Å²) in [6, 6.07) is 74.1. The van der Waals surface area contributed by atoms with Gasteiger partial charge in [0.2, 0.25) is 0 Å². The average molecular weight is 703 g/mol. The van der Waals surface area contributed by atoms with Gasteiger partial charge in [-0.3, -0.25) is 0 Å². The highest BCUT2D eigenvalue weighted by Gasteiger charge is 2.53. The van der Waals surface area contributed by atoms with Gasteiger partial charge in [0, 0.05) is 11.5 Å². The first-order valence-electron chi connectivity index (χ1n) is 19.4. The van der Waals surface area contributed by atoms with E-state index in [1.807, 2.05) is 0 Å². The van der Waals surface area contributed by atoms with Crippen LogP contribution in [0.15, 0.2) is 224 Å². The predicted octanol–water partition coefficient (Wildman–Crippen LogP) is 12.9. The fourth-order valence-electron chi connectivity index (χ4n) is 10.4. The van der Waals surface area contributed by atoms with Crippen molar-refractivity contribution in [1.82, 2.24) is 0 Å². The smallest absolute Gasteiger partial charge is 0.132 e. The zero-order valence-corrected chi connectivity index (χ0v) is 30.4. The molecule has 11 rings (SSSR count). The van der Waals surface area contributed by atoms with Crippen molar-refractivity contribution in [2.24, 2.45) is 0 Å². The van der Waals surface area contributed by atoms with E-state index >= 15 is 0 Å². The van der Waals surface area contributed by atoms with Crippen molar-refractivity contribution in [1.29, 1.82) is 0 Å². The van der Waals surface area contributed by atoms with E-state index in [0.717, 1.165) is 17.9 Å². The molecule has 2 unspecified atom stereocenters. The maximum absolute atomic E-state index is 7.02. The number of ether oxygens (including phenoxy) is 1. The summed E-state index contributed by atoms with van der Waals surface area (Å²) in [7, 11) is 0. The highest BCUT2D eigenvalue weighted by molar-refractivity contribution is 6.00. The van der Waals surface area contributed by atoms with Crippen LogP contribution in [0.25, 0.3) is 21.9 Å². The van der Waals surface area contributed by atoms with Gasteiger partial charge in [0.1, 0.15) is 11.5 Å². The van der Waals surface area contributed by atoms with Gasteiger partial charge in [-0.05, 0) is 85.0 Å². The zero-order chi connectivity index (χ0) is 36.4. The SMILES string of the molecule is C1=CC2=C(C(c3ccccc3C3(c4ccccc4)c4ccccc4-c4ccc5ccccc5c43)C1)C(c1ccccc1)(c1ccccc1)c1ccccc1O2. The summed E-state index contributed by atoms with van der Waals surface area (Å²) in [5.74, 6) is 1.83. The number of rotatable bonds is 5. The predicted molar refractivity (Wildman–Crippen MR) is 225 cm³/mol. The standard InChI is InChI=1S/C54H38O/c1-4-20-38(21-5-1)53(39-22-6-2-7-23-39)48-32-16-17-33-49(48)55-50-34-18-29-44(52(50)53)42-27-12-14-30-46(42)54(40-24-8-3-9-25-40)47-31-15-13-28-43(47)45-36-35-37-19-10-11-26-41(37)51(45)54/h1-28,30-36,44H,29H2. The van der Waals surface area contributed by atoms with Gasteiger partial charge in [0.15, 0.2) is 0 Å². The fourth-order valence-corrected chi connectivity index (χ4v) is 10.4. The minimum absolute atomic E-state index is 0.00301. The Morgan fingerprint density at radius 2 is 1.00 bits per heavy atom. The van der Waals surface area contributed by atoms with Crippen molar-refractivity contribution in [3.8, 4) is 16.9 Å². The Morgan fingerprint density at radius 1 is 0.436 bits per heavy atom. The molecule has 0 saturated heterocycles. The minimum atomic E-state index is -0.604. The number of allylic oxidation sites excluding steroid dienone is 3. The van der Waals surface area contributed by atoms with E-state index in [2.05, 4.69) is 212 Å². The van der Waals surface area contributed by atoms with E-state index in [1.165, 1.54) is 72.0 Å². The van der Waals surface area contributed by atoms with Crippen molar-refractivity contribution in [3.63, 3.8) is 0 Å². The first-order chi connectivity index (χ1) is 27.3. The Kier molecular flexibility index (Phi) is 7.19. The molecule has 3 aliphatic rings. The van der Waals surface area contributed by atoms with E-state index < -0.39 is 10.8 Å². The van der Waals surface area contributed by atoms with Gasteiger partial charge in [0.05, 0.1) is 10.8 Å². The quantitative estimate of drug-likeness (QED) is 0.173. The molecule has 2 aliphatic carbocycles. The normalized spacial score (nSPS) is 18.9. The van der Waals surface area contributed by atoms with Crippen LogP contribution < -0.4 is 4.74 Å². The van der Waals surface area contributed by atoms with Crippen LogP contribution in [0.4, 0.5) is 0 Å². The Bertz CT molecular complexity index is 2770. The van der Waals surface area contributed by atoms with Crippen molar-refractivity contribution >= 4 is 10.8 Å². The molecule has 1 aliphatic heterocycles. The third kappa shape index (κ3) is 4.41. The molecular weight excluding hydrogens is 665 g/mol. The van der Waals surface area contributed by atoms with Gasteiger partial charge in [-0.15, -0.1) is 0 Å². The van der Waals surface area contributed by atoms with Crippen LogP contribution in [0.3, 0.4) is 0 Å². The van der Waals surface area contributed by atoms with Gasteiger partial charge in [-0.25, -0.2) is 0 Å². The highest BCUT2D eigenvalue weighted by Crippen LogP contribution is 2.62. The first kappa shape index (κ1) is 31.8. The van der Waals surface area contributed by atoms with Crippen molar-refractivity contribution < 1.29 is 4.74 Å². The third-order valence-corrected chi connectivity index (χ3v) is 12.5. The van der Waals surface area contributed by atoms with Gasteiger partial charge < -0.3 is 4.74 Å². The monoisotopic (exact) mass is 702 g/mol. The molecule has 0 saturated carbocycles. The lowest BCUT2D eigenvalue weighted by Crippen LogP contribution is -2.40. The lowest BCUT2D eigenvalue weighted by Gasteiger charge is -2.47. The Balaban J connectivity index is 1.27. The molecule has 2 atom stereocenters. The number of para-hydroxylation sites is 1. The van der Waals surface area contributed by atoms with Gasteiger partial charge in [-0.1, -0.05) is 200 Å². The topological polar surface area (TPSA) is 9.23 Å². The van der Waals surface area contributed by atoms with Crippen LogP contribution in [0.5, 0.6) is 5.75 Å². The number of hydrogen-bond donors (Lipinski definition) is 0. The van der Waals surface area contributed by atoms with E-state index in [0.29, 0.717) is 0 Å². The molecule has 0 radical (unpaired) electrons. The van der Waals surface area contributed by atoms with Crippen molar-refractivity contribution in [2.45, 2.75) is 23.2 Å². The number of fused-ring (bicyclic) bond motifs is 6. The lowest BCUT2D eigenvalue weighted by atomic mass is 9.57. The summed E-state index contributed by atoms with van der Waals surface area (Å²) < 4.78 is 7.02. The molecule has 1 nitrogen and oxygen atoms in total. The minimum Gasteiger partial charge on any atom is -0.457 e. The Morgan fingerprint density at radius 3 is 1.73 bits per heavy atom. The van der Waals surface area contributed by atoms with Crippen LogP contribution >= 0.6 is 0 Å². The number of benzene rings is 8. The summed E-state index contributed by atoms with van der Waals surface area (Å²) in [5.41, 5.74) is 12.9. The zero-order valence-electron chi connectivity index (χ0n) is 30.4. The fraction of sp³-hybridized carbons (Fsp3) is 0.0741. The summed E-state index contributed by atoms with van der Waals surface area (Å²) in [5, 5.41) is 2.54. The summed E-state index contributed by atoms with van der Waals surface area (Å²) in [6.45, 7) is 0. The van der Waals surface area contributed by atoms with Crippen LogP contribution in [0, 0.1) is 0 Å². The highest BCUT2D eigenvalue weighted by atomic mass is 16.5. The average Bonchev–Trinajstić information content (AvgIpc) is 3.58. The summed E-state index contributed by atoms with van der Waals surface area (Å²) in [4.78, 5) is 0. The molecule has 0 fully saturated rings. The van der Waals surface area contributed by atoms with Gasteiger partial charge >= 0.3 is 0 Å². The maximum atomic E-state index is 7.02. The molecule has 0 aromatic heterocycles. The van der Waals surface area contributed by atoms with Gasteiger partial charge in [0.25, 0.3) is 0 Å². The van der Waals surface area contributed by atoms with Gasteiger partial charge in [-0.2, -0.15) is 0 Å². The molecule has 0 N–H and O–H groups in total. The van der Waals surface area contributed by atoms with E-state index in [-0.39, 0.29) is 5.92 Å². The second kappa shape index (κ2) is 12.4. The molecule has 8 aromatic rings. The second-order valence-electron chi connectivity index (χ2n) is 15.0. The van der Waals surface area contributed by atoms with Crippen LogP contribution in [0.1, 0.15) is 56.8 Å². The molecule has 1 heteroatoms. The molecular formula is C54H38O. The van der Waals surface area contributed by atoms with Crippen LogP contribution in [0.2, 0.25) is 0 Å². The summed E-state index contributed by atoms with van der Waals surface area (Å²) >= 11 is 0. The third-order valence-electron chi connectivity index (χ3n) is 12.5. The molecule has 0 spiro atoms. The maximum Gasteiger partial charge on any atom is 0.132 e. The van der Waals surface area contributed by atoms with Crippen LogP contribution in [-0.2, 0) is 10.8 Å². The van der Waals surface area contributed by atoms with E-state index in [1.54, 1.807) is 0 Å². The largest absolute Gasteiger partial charge is 0.457 e. The number of hydrogen-bond acceptors (Lipinski definition) is 1. The van der Waals surface area contributed by atoms with Crippen molar-refractivity contribution in [3.05, 3.63) is 268 Å². The molecule has 0 amide bonds. The molecule has 260 valence electrons. The molecule has 0 bridgehead atoms. The van der Waals surface area contributed by atoms with Crippen LogP contribution in [-0.4, -0.2) is 0 Å². The second-order valence-corrected chi connectivity index (χ2v) is 15.0. The van der Waals surface area contributed by atoms with Crippen molar-refractivity contribution in [2.75, 3.05) is 0 Å². The van der Waals surface area contributed by atoms with E-state index in [4.69, 9.17) is 4.74 Å². The van der Waals surface area contributed by atoms with E-state index in [9.17, 15) is 0 Å². The molecule has 8 aromatic carbocycles. The lowest BCUT2D eigenvalue weighted by molar-refractivity contribution is 0.379. The summed E-state index contributed by atoms with van der Waals surface area (Å²) in [6.07, 6.45) is 5.40. The Hall–Kier alpha value is -6.70. The molecule has 55 heavy (non-hydrogen) atoms. The molecule has 1 heterocycles.